The van der Waals surface area contributed by atoms with Crippen molar-refractivity contribution in [3.05, 3.63) is 30.0 Å². The van der Waals surface area contributed by atoms with Crippen molar-refractivity contribution in [2.45, 2.75) is 25.7 Å². The van der Waals surface area contributed by atoms with Crippen molar-refractivity contribution in [3.63, 3.8) is 0 Å². The van der Waals surface area contributed by atoms with Gasteiger partial charge in [0.05, 0.1) is 18.1 Å². The van der Waals surface area contributed by atoms with Gasteiger partial charge >= 0.3 is 0 Å². The van der Waals surface area contributed by atoms with Gasteiger partial charge in [0.15, 0.2) is 5.88 Å². The molecule has 4 atom stereocenters. The van der Waals surface area contributed by atoms with Crippen LogP contribution in [-0.2, 0) is 9.59 Å². The molecule has 2 amide bonds. The average Bonchev–Trinajstić information content (AvgIpc) is 3.40. The van der Waals surface area contributed by atoms with E-state index in [2.05, 4.69) is 22.2 Å². The Kier molecular flexibility index (Phi) is 3.33. The molecule has 1 aromatic heterocycles. The Labute approximate surface area is 146 Å². The van der Waals surface area contributed by atoms with Crippen LogP contribution in [0, 0.1) is 23.7 Å². The van der Waals surface area contributed by atoms with Crippen LogP contribution in [0.3, 0.4) is 0 Å². The Bertz CT molecular complexity index is 745. The molecule has 0 radical (unpaired) electrons. The van der Waals surface area contributed by atoms with Gasteiger partial charge in [0, 0.05) is 19.2 Å². The maximum Gasteiger partial charge on any atom is 0.254 e. The lowest BCUT2D eigenvalue weighted by Gasteiger charge is -2.25. The molecule has 25 heavy (non-hydrogen) atoms. The van der Waals surface area contributed by atoms with Gasteiger partial charge in [-0.3, -0.25) is 9.59 Å². The number of nitrogens with zero attached hydrogens (tertiary/aromatic N) is 3. The third-order valence-corrected chi connectivity index (χ3v) is 6.03. The highest BCUT2D eigenvalue weighted by atomic mass is 16.4. The fourth-order valence-electron chi connectivity index (χ4n) is 4.81. The lowest BCUT2D eigenvalue weighted by Crippen LogP contribution is -2.28. The molecule has 2 bridgehead atoms. The first kappa shape index (κ1) is 14.9. The highest BCUT2D eigenvalue weighted by molar-refractivity contribution is 6.06. The Morgan fingerprint density at radius 2 is 1.68 bits per heavy atom. The van der Waals surface area contributed by atoms with Crippen LogP contribution >= 0.6 is 0 Å². The van der Waals surface area contributed by atoms with E-state index in [4.69, 9.17) is 4.42 Å². The molecule has 1 aromatic rings. The number of hydrogen-bond acceptors (Lipinski definition) is 5. The SMILES string of the molecule is O=C1[C@@H]2[C@@H](C(=O)N1/N=C\c1ccc(N3CCCCC3)o1)[C@H]1C=C[C@H]2C1. The number of allylic oxidation sites excluding steroid dienone is 2. The van der Waals surface area contributed by atoms with Crippen molar-refractivity contribution < 1.29 is 14.0 Å². The van der Waals surface area contributed by atoms with Crippen molar-refractivity contribution in [1.29, 1.82) is 0 Å². The topological polar surface area (TPSA) is 66.1 Å². The fourth-order valence-corrected chi connectivity index (χ4v) is 4.81. The van der Waals surface area contributed by atoms with E-state index < -0.39 is 0 Å². The lowest BCUT2D eigenvalue weighted by molar-refractivity contribution is -0.140. The van der Waals surface area contributed by atoms with Crippen LogP contribution < -0.4 is 4.90 Å². The van der Waals surface area contributed by atoms with E-state index in [0.717, 1.165) is 30.4 Å². The summed E-state index contributed by atoms with van der Waals surface area (Å²) in [5, 5.41) is 5.22. The average molecular weight is 339 g/mol. The fraction of sp³-hybridized carbons (Fsp3) is 0.526. The normalized spacial score (nSPS) is 33.9. The van der Waals surface area contributed by atoms with E-state index in [0.29, 0.717) is 5.76 Å². The molecular weight excluding hydrogens is 318 g/mol. The number of hydrogen-bond donors (Lipinski definition) is 0. The summed E-state index contributed by atoms with van der Waals surface area (Å²) in [6.45, 7) is 2.01. The second kappa shape index (κ2) is 5.58. The minimum Gasteiger partial charge on any atom is -0.440 e. The number of piperidine rings is 1. The highest BCUT2D eigenvalue weighted by Crippen LogP contribution is 2.52. The zero-order valence-corrected chi connectivity index (χ0v) is 14.0. The number of furan rings is 1. The van der Waals surface area contributed by atoms with Gasteiger partial charge in [0.2, 0.25) is 0 Å². The van der Waals surface area contributed by atoms with Crippen LogP contribution in [0.25, 0.3) is 0 Å². The third-order valence-electron chi connectivity index (χ3n) is 6.03. The van der Waals surface area contributed by atoms with E-state index >= 15 is 0 Å². The summed E-state index contributed by atoms with van der Waals surface area (Å²) >= 11 is 0. The quantitative estimate of drug-likeness (QED) is 0.482. The predicted octanol–water partition coefficient (Wildman–Crippen LogP) is 2.41. The second-order valence-electron chi connectivity index (χ2n) is 7.46. The molecular formula is C19H21N3O3. The number of anilines is 1. The molecule has 1 saturated carbocycles. The van der Waals surface area contributed by atoms with E-state index in [1.54, 1.807) is 0 Å². The number of amides is 2. The first-order valence-corrected chi connectivity index (χ1v) is 9.17. The van der Waals surface area contributed by atoms with Crippen LogP contribution in [0.2, 0.25) is 0 Å². The van der Waals surface area contributed by atoms with Gasteiger partial charge < -0.3 is 9.32 Å². The van der Waals surface area contributed by atoms with Gasteiger partial charge in [-0.2, -0.15) is 10.1 Å². The van der Waals surface area contributed by atoms with Crippen LogP contribution in [0.1, 0.15) is 31.4 Å². The van der Waals surface area contributed by atoms with Crippen molar-refractivity contribution in [2.75, 3.05) is 18.0 Å². The monoisotopic (exact) mass is 339 g/mol. The standard InChI is InChI=1S/C19H21N3O3/c23-18-16-12-4-5-13(10-12)17(16)19(24)22(18)20-11-14-6-7-15(25-14)21-8-2-1-3-9-21/h4-7,11-13,16-17H,1-3,8-10H2/b20-11-/t12-,13-,16-,17-/m0/s1. The predicted molar refractivity (Wildman–Crippen MR) is 91.9 cm³/mol. The number of carbonyl (C=O) groups is 2. The molecule has 2 aliphatic carbocycles. The Hall–Kier alpha value is -2.37. The van der Waals surface area contributed by atoms with Crippen LogP contribution in [0.4, 0.5) is 5.88 Å². The molecule has 0 N–H and O–H groups in total. The highest BCUT2D eigenvalue weighted by Gasteiger charge is 2.59. The number of hydrazone groups is 1. The molecule has 4 aliphatic rings. The van der Waals surface area contributed by atoms with Crippen LogP contribution in [0.5, 0.6) is 0 Å². The Morgan fingerprint density at radius 3 is 2.36 bits per heavy atom. The van der Waals surface area contributed by atoms with Gasteiger partial charge in [-0.15, -0.1) is 0 Å². The van der Waals surface area contributed by atoms with Gasteiger partial charge in [0.1, 0.15) is 5.76 Å². The molecule has 130 valence electrons. The summed E-state index contributed by atoms with van der Waals surface area (Å²) in [7, 11) is 0. The molecule has 6 heteroatoms. The largest absolute Gasteiger partial charge is 0.440 e. The molecule has 2 saturated heterocycles. The van der Waals surface area contributed by atoms with Gasteiger partial charge in [-0.25, -0.2) is 0 Å². The van der Waals surface area contributed by atoms with Crippen molar-refractivity contribution in [2.24, 2.45) is 28.8 Å². The van der Waals surface area contributed by atoms with Crippen molar-refractivity contribution in [3.8, 4) is 0 Å². The van der Waals surface area contributed by atoms with E-state index in [1.807, 2.05) is 12.1 Å². The lowest BCUT2D eigenvalue weighted by atomic mass is 9.85. The van der Waals surface area contributed by atoms with Crippen LogP contribution in [-0.4, -0.2) is 36.1 Å². The summed E-state index contributed by atoms with van der Waals surface area (Å²) in [6.07, 6.45) is 10.2. The molecule has 2 aliphatic heterocycles. The summed E-state index contributed by atoms with van der Waals surface area (Å²) in [4.78, 5) is 27.4. The van der Waals surface area contributed by atoms with Gasteiger partial charge in [-0.1, -0.05) is 12.2 Å². The first-order chi connectivity index (χ1) is 12.2. The third kappa shape index (κ3) is 2.27. The number of fused-ring (bicyclic) bond motifs is 5. The number of rotatable bonds is 3. The van der Waals surface area contributed by atoms with E-state index in [1.165, 1.54) is 25.5 Å². The minimum atomic E-state index is -0.208. The summed E-state index contributed by atoms with van der Waals surface area (Å²) in [6, 6.07) is 3.77. The summed E-state index contributed by atoms with van der Waals surface area (Å²) < 4.78 is 5.82. The summed E-state index contributed by atoms with van der Waals surface area (Å²) in [5.74, 6) is 1.08. The zero-order chi connectivity index (χ0) is 17.0. The number of imide groups is 1. The molecule has 0 unspecified atom stereocenters. The van der Waals surface area contributed by atoms with Gasteiger partial charge in [0.25, 0.3) is 11.8 Å². The Balaban J connectivity index is 1.32. The van der Waals surface area contributed by atoms with E-state index in [-0.39, 0.29) is 35.5 Å². The Morgan fingerprint density at radius 1 is 1.00 bits per heavy atom. The van der Waals surface area contributed by atoms with E-state index in [9.17, 15) is 9.59 Å². The number of carbonyl (C=O) groups excluding carboxylic acids is 2. The minimum absolute atomic E-state index is 0.161. The molecule has 5 rings (SSSR count). The molecule has 0 aromatic carbocycles. The molecule has 6 nitrogen and oxygen atoms in total. The summed E-state index contributed by atoms with van der Waals surface area (Å²) in [5.41, 5.74) is 0. The van der Waals surface area contributed by atoms with Gasteiger partial charge in [-0.05, 0) is 43.6 Å². The maximum atomic E-state index is 12.6. The van der Waals surface area contributed by atoms with Crippen molar-refractivity contribution >= 4 is 23.9 Å². The smallest absolute Gasteiger partial charge is 0.254 e. The first-order valence-electron chi connectivity index (χ1n) is 9.17. The second-order valence-corrected chi connectivity index (χ2v) is 7.46. The maximum absolute atomic E-state index is 12.6. The molecule has 3 fully saturated rings. The van der Waals surface area contributed by atoms with Crippen LogP contribution in [0.15, 0.2) is 33.8 Å². The zero-order valence-electron chi connectivity index (χ0n) is 14.0. The molecule has 3 heterocycles. The molecule has 0 spiro atoms. The van der Waals surface area contributed by atoms with Crippen molar-refractivity contribution in [1.82, 2.24) is 5.01 Å².